The van der Waals surface area contributed by atoms with Gasteiger partial charge in [-0.1, -0.05) is 0 Å². The molecule has 26 heavy (non-hydrogen) atoms. The number of hydrogen-bond acceptors (Lipinski definition) is 6. The van der Waals surface area contributed by atoms with Crippen LogP contribution in [0.25, 0.3) is 11.0 Å². The van der Waals surface area contributed by atoms with Gasteiger partial charge in [-0.05, 0) is 32.6 Å². The van der Waals surface area contributed by atoms with Crippen LogP contribution in [0.15, 0.2) is 16.4 Å². The van der Waals surface area contributed by atoms with Crippen molar-refractivity contribution in [2.24, 2.45) is 0 Å². The average Bonchev–Trinajstić information content (AvgIpc) is 3.21. The van der Waals surface area contributed by atoms with Crippen molar-refractivity contribution in [1.82, 2.24) is 24.7 Å². The molecule has 1 saturated carbocycles. The summed E-state index contributed by atoms with van der Waals surface area (Å²) < 4.78 is 7.38. The second kappa shape index (κ2) is 6.28. The molecule has 4 heterocycles. The fraction of sp³-hybridized carbons (Fsp3) is 0.556. The van der Waals surface area contributed by atoms with Crippen LogP contribution in [0.2, 0.25) is 0 Å². The fourth-order valence-corrected chi connectivity index (χ4v) is 4.73. The summed E-state index contributed by atoms with van der Waals surface area (Å²) in [6.45, 7) is 3.49. The quantitative estimate of drug-likeness (QED) is 0.765. The lowest BCUT2D eigenvalue weighted by atomic mass is 9.71. The highest BCUT2D eigenvalue weighted by molar-refractivity contribution is 7.09. The van der Waals surface area contributed by atoms with Crippen LogP contribution in [-0.4, -0.2) is 37.9 Å². The van der Waals surface area contributed by atoms with Gasteiger partial charge in [-0.25, -0.2) is 14.6 Å². The molecule has 3 aromatic rings. The first-order valence-electron chi connectivity index (χ1n) is 9.18. The molecule has 2 fully saturated rings. The van der Waals surface area contributed by atoms with Crippen LogP contribution >= 0.6 is 11.3 Å². The number of rotatable bonds is 3. The van der Waals surface area contributed by atoms with Gasteiger partial charge in [0.15, 0.2) is 5.65 Å². The van der Waals surface area contributed by atoms with Crippen LogP contribution in [0, 0.1) is 6.92 Å². The van der Waals surface area contributed by atoms with E-state index in [0.717, 1.165) is 55.4 Å². The molecule has 5 rings (SSSR count). The molecule has 8 heteroatoms. The Morgan fingerprint density at radius 2 is 2.00 bits per heavy atom. The van der Waals surface area contributed by atoms with Crippen LogP contribution in [-0.2, 0) is 4.74 Å². The standard InChI is InChI=1S/C18H21N5O2S/c1-10-20-15(9-26-10)12-2-3-13(12)16-21-17-14(18(24)22-16)8-19-23(17)11-4-6-25-7-5-11/h8-9,11-13H,2-7H2,1H3,(H,21,22,24)/t12-,13+/m1/s1. The van der Waals surface area contributed by atoms with Crippen LogP contribution < -0.4 is 5.56 Å². The number of fused-ring (bicyclic) bond motifs is 1. The number of aromatic nitrogens is 5. The molecule has 1 aliphatic carbocycles. The number of H-pyrrole nitrogens is 1. The van der Waals surface area contributed by atoms with Crippen molar-refractivity contribution in [3.05, 3.63) is 38.5 Å². The van der Waals surface area contributed by atoms with Crippen molar-refractivity contribution in [1.29, 1.82) is 0 Å². The van der Waals surface area contributed by atoms with Gasteiger partial charge in [-0.15, -0.1) is 11.3 Å². The van der Waals surface area contributed by atoms with Crippen LogP contribution in [0.1, 0.15) is 60.1 Å². The zero-order valence-electron chi connectivity index (χ0n) is 14.6. The van der Waals surface area contributed by atoms with Crippen LogP contribution in [0.5, 0.6) is 0 Å². The van der Waals surface area contributed by atoms with Gasteiger partial charge >= 0.3 is 0 Å². The summed E-state index contributed by atoms with van der Waals surface area (Å²) in [6.07, 6.45) is 5.58. The molecule has 1 aliphatic heterocycles. The van der Waals surface area contributed by atoms with Gasteiger partial charge in [0.1, 0.15) is 11.2 Å². The summed E-state index contributed by atoms with van der Waals surface area (Å²) in [6, 6.07) is 0.252. The number of aromatic amines is 1. The Kier molecular flexibility index (Phi) is 3.90. The maximum Gasteiger partial charge on any atom is 0.262 e. The predicted octanol–water partition coefficient (Wildman–Crippen LogP) is 2.90. The minimum Gasteiger partial charge on any atom is -0.381 e. The summed E-state index contributed by atoms with van der Waals surface area (Å²) >= 11 is 1.68. The minimum atomic E-state index is -0.0941. The van der Waals surface area contributed by atoms with Gasteiger partial charge in [-0.3, -0.25) is 4.79 Å². The molecule has 2 atom stereocenters. The van der Waals surface area contributed by atoms with Crippen molar-refractivity contribution < 1.29 is 4.74 Å². The second-order valence-electron chi connectivity index (χ2n) is 7.20. The monoisotopic (exact) mass is 371 g/mol. The molecular weight excluding hydrogens is 350 g/mol. The Hall–Kier alpha value is -2.06. The van der Waals surface area contributed by atoms with Gasteiger partial charge in [0.05, 0.1) is 22.9 Å². The van der Waals surface area contributed by atoms with E-state index in [-0.39, 0.29) is 17.5 Å². The molecule has 0 aromatic carbocycles. The maximum absolute atomic E-state index is 12.6. The maximum atomic E-state index is 12.6. The molecule has 0 unspecified atom stereocenters. The molecule has 7 nitrogen and oxygen atoms in total. The van der Waals surface area contributed by atoms with Gasteiger partial charge in [0.25, 0.3) is 5.56 Å². The van der Waals surface area contributed by atoms with Crippen molar-refractivity contribution in [2.75, 3.05) is 13.2 Å². The molecule has 0 bridgehead atoms. The molecule has 1 N–H and O–H groups in total. The summed E-state index contributed by atoms with van der Waals surface area (Å²) in [5.74, 6) is 1.35. The molecule has 0 radical (unpaired) electrons. The Morgan fingerprint density at radius 3 is 2.69 bits per heavy atom. The Bertz CT molecular complexity index is 1000. The second-order valence-corrected chi connectivity index (χ2v) is 8.27. The van der Waals surface area contributed by atoms with E-state index in [2.05, 4.69) is 20.4 Å². The molecule has 3 aromatic heterocycles. The molecular formula is C18H21N5O2S. The number of nitrogens with zero attached hydrogens (tertiary/aromatic N) is 4. The largest absolute Gasteiger partial charge is 0.381 e. The highest BCUT2D eigenvalue weighted by atomic mass is 32.1. The van der Waals surface area contributed by atoms with Gasteiger partial charge in [0.2, 0.25) is 0 Å². The third-order valence-corrected chi connectivity index (χ3v) is 6.45. The molecule has 2 aliphatic rings. The van der Waals surface area contributed by atoms with E-state index in [0.29, 0.717) is 17.0 Å². The van der Waals surface area contributed by atoms with E-state index in [1.165, 1.54) is 0 Å². The summed E-state index contributed by atoms with van der Waals surface area (Å²) in [5.41, 5.74) is 1.74. The first-order chi connectivity index (χ1) is 12.7. The average molecular weight is 371 g/mol. The molecule has 0 amide bonds. The lowest BCUT2D eigenvalue weighted by Crippen LogP contribution is -2.27. The van der Waals surface area contributed by atoms with Crippen LogP contribution in [0.3, 0.4) is 0 Å². The highest BCUT2D eigenvalue weighted by Gasteiger charge is 2.37. The van der Waals surface area contributed by atoms with Crippen molar-refractivity contribution >= 4 is 22.4 Å². The number of thiazole rings is 1. The zero-order chi connectivity index (χ0) is 17.7. The molecule has 1 saturated heterocycles. The fourth-order valence-electron chi connectivity index (χ4n) is 4.06. The highest BCUT2D eigenvalue weighted by Crippen LogP contribution is 2.47. The molecule has 136 valence electrons. The predicted molar refractivity (Wildman–Crippen MR) is 98.8 cm³/mol. The Labute approximate surface area is 154 Å². The van der Waals surface area contributed by atoms with Crippen LogP contribution in [0.4, 0.5) is 0 Å². The van der Waals surface area contributed by atoms with E-state index in [9.17, 15) is 4.79 Å². The van der Waals surface area contributed by atoms with Gasteiger partial charge < -0.3 is 9.72 Å². The summed E-state index contributed by atoms with van der Waals surface area (Å²) in [4.78, 5) is 25.1. The van der Waals surface area contributed by atoms with Crippen molar-refractivity contribution in [3.63, 3.8) is 0 Å². The van der Waals surface area contributed by atoms with Crippen molar-refractivity contribution in [2.45, 2.75) is 50.5 Å². The summed E-state index contributed by atoms with van der Waals surface area (Å²) in [7, 11) is 0. The lowest BCUT2D eigenvalue weighted by Gasteiger charge is -2.34. The number of ether oxygens (including phenoxy) is 1. The Morgan fingerprint density at radius 1 is 1.19 bits per heavy atom. The Balaban J connectivity index is 1.53. The zero-order valence-corrected chi connectivity index (χ0v) is 15.5. The first-order valence-corrected chi connectivity index (χ1v) is 10.1. The van der Waals surface area contributed by atoms with E-state index in [1.54, 1.807) is 17.5 Å². The first kappa shape index (κ1) is 16.1. The minimum absolute atomic E-state index is 0.0941. The van der Waals surface area contributed by atoms with E-state index in [4.69, 9.17) is 9.72 Å². The van der Waals surface area contributed by atoms with E-state index >= 15 is 0 Å². The number of hydrogen-bond donors (Lipinski definition) is 1. The smallest absolute Gasteiger partial charge is 0.262 e. The lowest BCUT2D eigenvalue weighted by molar-refractivity contribution is 0.0673. The normalized spacial score (nSPS) is 24.0. The van der Waals surface area contributed by atoms with E-state index < -0.39 is 0 Å². The van der Waals surface area contributed by atoms with Gasteiger partial charge in [-0.2, -0.15) is 5.10 Å². The SMILES string of the molecule is Cc1nc([C@@H]2CC[C@@H]2c2nc3c(cnn3C3CCOCC3)c(=O)[nH]2)cs1. The number of nitrogens with one attached hydrogen (secondary N) is 1. The summed E-state index contributed by atoms with van der Waals surface area (Å²) in [5, 5.41) is 8.26. The number of aryl methyl sites for hydroxylation is 1. The topological polar surface area (TPSA) is 85.7 Å². The third-order valence-electron chi connectivity index (χ3n) is 5.66. The van der Waals surface area contributed by atoms with Crippen molar-refractivity contribution in [3.8, 4) is 0 Å². The molecule has 0 spiro atoms. The van der Waals surface area contributed by atoms with Gasteiger partial charge in [0, 0.05) is 30.4 Å². The van der Waals surface area contributed by atoms with E-state index in [1.807, 2.05) is 11.6 Å². The third kappa shape index (κ3) is 2.59.